The number of rotatable bonds is 4. The van der Waals surface area contributed by atoms with Gasteiger partial charge in [0.1, 0.15) is 17.2 Å². The van der Waals surface area contributed by atoms with E-state index in [1.165, 1.54) is 12.1 Å². The lowest BCUT2D eigenvalue weighted by Crippen LogP contribution is -2.36. The summed E-state index contributed by atoms with van der Waals surface area (Å²) < 4.78 is 21.9. The number of carbonyl (C=O) groups is 1. The molecule has 2 aromatic carbocycles. The van der Waals surface area contributed by atoms with Crippen molar-refractivity contribution in [2.75, 3.05) is 0 Å². The van der Waals surface area contributed by atoms with Gasteiger partial charge in [-0.3, -0.25) is 4.68 Å². The van der Waals surface area contributed by atoms with Crippen LogP contribution in [-0.4, -0.2) is 30.8 Å². The van der Waals surface area contributed by atoms with Crippen molar-refractivity contribution in [2.45, 2.75) is 18.4 Å². The molecule has 2 N–H and O–H groups in total. The summed E-state index contributed by atoms with van der Waals surface area (Å²) in [7, 11) is 1.74. The van der Waals surface area contributed by atoms with Gasteiger partial charge in [0.2, 0.25) is 0 Å². The van der Waals surface area contributed by atoms with E-state index in [0.29, 0.717) is 28.1 Å². The van der Waals surface area contributed by atoms with E-state index in [1.54, 1.807) is 30.2 Å². The Kier molecular flexibility index (Phi) is 4.66. The fourth-order valence-corrected chi connectivity index (χ4v) is 4.45. The number of aromatic amines is 1. The molecule has 8 nitrogen and oxygen atoms in total. The number of nitrogens with zero attached hydrogens (tertiary/aromatic N) is 4. The molecule has 3 aromatic heterocycles. The maximum atomic E-state index is 13.7. The summed E-state index contributed by atoms with van der Waals surface area (Å²) in [5.74, 6) is -0.0766. The highest BCUT2D eigenvalue weighted by Gasteiger charge is 2.46. The molecule has 5 aromatic rings. The van der Waals surface area contributed by atoms with Gasteiger partial charge in [0.15, 0.2) is 16.9 Å². The van der Waals surface area contributed by atoms with E-state index in [4.69, 9.17) is 4.74 Å². The molecule has 0 spiro atoms. The molecule has 1 aliphatic carbocycles. The van der Waals surface area contributed by atoms with Crippen LogP contribution >= 0.6 is 15.9 Å². The van der Waals surface area contributed by atoms with Crippen LogP contribution in [0.15, 0.2) is 59.3 Å². The third-order valence-corrected chi connectivity index (χ3v) is 6.62. The van der Waals surface area contributed by atoms with Gasteiger partial charge in [-0.15, -0.1) is 0 Å². The highest BCUT2D eigenvalue weighted by Crippen LogP contribution is 2.45. The Balaban J connectivity index is 1.29. The lowest BCUT2D eigenvalue weighted by molar-refractivity contribution is 0.195. The van der Waals surface area contributed by atoms with Gasteiger partial charge in [0.25, 0.3) is 0 Å². The topological polar surface area (TPSA) is 97.7 Å². The van der Waals surface area contributed by atoms with E-state index in [1.807, 2.05) is 24.3 Å². The Morgan fingerprint density at radius 2 is 2.03 bits per heavy atom. The average Bonchev–Trinajstić information content (AvgIpc) is 3.38. The van der Waals surface area contributed by atoms with Crippen molar-refractivity contribution in [1.82, 2.24) is 30.0 Å². The van der Waals surface area contributed by atoms with Gasteiger partial charge in [-0.1, -0.05) is 28.1 Å². The SMILES string of the molecule is Cn1nc(-c2cnc3[nH]cc(OC(=O)NC4(c5ccc(Br)cc5)CC4)c3n2)c2ccc(F)cc21. The van der Waals surface area contributed by atoms with Crippen molar-refractivity contribution in [3.05, 3.63) is 70.7 Å². The summed E-state index contributed by atoms with van der Waals surface area (Å²) in [6, 6.07) is 12.4. The second-order valence-electron chi connectivity index (χ2n) is 8.34. The minimum Gasteiger partial charge on any atom is -0.406 e. The number of amides is 1. The number of ether oxygens (including phenoxy) is 1. The Hall–Kier alpha value is -3.79. The van der Waals surface area contributed by atoms with Crippen LogP contribution in [0, 0.1) is 5.82 Å². The van der Waals surface area contributed by atoms with Crippen LogP contribution in [0.3, 0.4) is 0 Å². The Bertz CT molecular complexity index is 1570. The molecule has 34 heavy (non-hydrogen) atoms. The van der Waals surface area contributed by atoms with E-state index in [2.05, 4.69) is 41.3 Å². The largest absolute Gasteiger partial charge is 0.413 e. The van der Waals surface area contributed by atoms with E-state index in [0.717, 1.165) is 28.3 Å². The third-order valence-electron chi connectivity index (χ3n) is 6.09. The summed E-state index contributed by atoms with van der Waals surface area (Å²) in [4.78, 5) is 24.8. The van der Waals surface area contributed by atoms with Gasteiger partial charge in [-0.2, -0.15) is 5.10 Å². The molecular formula is C24H18BrFN6O2. The lowest BCUT2D eigenvalue weighted by Gasteiger charge is -2.17. The van der Waals surface area contributed by atoms with Crippen LogP contribution in [0.4, 0.5) is 9.18 Å². The van der Waals surface area contributed by atoms with Crippen LogP contribution in [0.1, 0.15) is 18.4 Å². The summed E-state index contributed by atoms with van der Waals surface area (Å²) in [6.07, 6.45) is 4.26. The quantitative estimate of drug-likeness (QED) is 0.339. The van der Waals surface area contributed by atoms with Crippen LogP contribution in [0.25, 0.3) is 33.5 Å². The maximum Gasteiger partial charge on any atom is 0.413 e. The number of halogens is 2. The van der Waals surface area contributed by atoms with Crippen molar-refractivity contribution in [3.8, 4) is 17.1 Å². The minimum absolute atomic E-state index is 0.264. The van der Waals surface area contributed by atoms with Crippen molar-refractivity contribution in [2.24, 2.45) is 7.05 Å². The summed E-state index contributed by atoms with van der Waals surface area (Å²) in [5.41, 5.74) is 3.20. The molecular weight excluding hydrogens is 503 g/mol. The second kappa shape index (κ2) is 7.63. The fraction of sp³-hybridized carbons (Fsp3) is 0.167. The first-order valence-electron chi connectivity index (χ1n) is 10.6. The number of carbonyl (C=O) groups excluding carboxylic acids is 1. The molecule has 0 unspecified atom stereocenters. The van der Waals surface area contributed by atoms with E-state index in [-0.39, 0.29) is 11.6 Å². The summed E-state index contributed by atoms with van der Waals surface area (Å²) >= 11 is 3.44. The Labute approximate surface area is 201 Å². The van der Waals surface area contributed by atoms with Crippen molar-refractivity contribution >= 4 is 44.1 Å². The molecule has 10 heteroatoms. The number of aromatic nitrogens is 5. The highest BCUT2D eigenvalue weighted by molar-refractivity contribution is 9.10. The first-order valence-corrected chi connectivity index (χ1v) is 11.4. The van der Waals surface area contributed by atoms with Crippen molar-refractivity contribution < 1.29 is 13.9 Å². The molecule has 1 fully saturated rings. The number of aryl methyl sites for hydroxylation is 1. The Morgan fingerprint density at radius 3 is 2.79 bits per heavy atom. The smallest absolute Gasteiger partial charge is 0.406 e. The minimum atomic E-state index is -0.563. The normalized spacial score (nSPS) is 14.4. The second-order valence-corrected chi connectivity index (χ2v) is 9.26. The predicted molar refractivity (Wildman–Crippen MR) is 128 cm³/mol. The molecule has 0 radical (unpaired) electrons. The monoisotopic (exact) mass is 520 g/mol. The van der Waals surface area contributed by atoms with Gasteiger partial charge in [-0.25, -0.2) is 19.2 Å². The standard InChI is InChI=1S/C24H18BrFN6O2/c1-32-18-10-15(26)6-7-16(18)20(31-32)17-11-27-22-21(29-17)19(12-28-22)34-23(33)30-24(8-9-24)13-2-4-14(25)5-3-13/h2-7,10-12H,8-9H2,1H3,(H,27,28)(H,30,33). The third kappa shape index (κ3) is 3.50. The van der Waals surface area contributed by atoms with Gasteiger partial charge in [0.05, 0.1) is 17.3 Å². The van der Waals surface area contributed by atoms with Crippen LogP contribution in [0.5, 0.6) is 5.75 Å². The fourth-order valence-electron chi connectivity index (χ4n) is 4.18. The van der Waals surface area contributed by atoms with Gasteiger partial charge in [-0.05, 0) is 48.7 Å². The molecule has 3 heterocycles. The number of hydrogen-bond acceptors (Lipinski definition) is 5. The molecule has 0 atom stereocenters. The molecule has 0 aliphatic heterocycles. The number of H-pyrrole nitrogens is 1. The molecule has 6 rings (SSSR count). The van der Waals surface area contributed by atoms with E-state index < -0.39 is 11.6 Å². The summed E-state index contributed by atoms with van der Waals surface area (Å²) in [6.45, 7) is 0. The van der Waals surface area contributed by atoms with Gasteiger partial charge >= 0.3 is 6.09 Å². The lowest BCUT2D eigenvalue weighted by atomic mass is 10.1. The zero-order chi connectivity index (χ0) is 23.4. The predicted octanol–water partition coefficient (Wildman–Crippen LogP) is 5.19. The van der Waals surface area contributed by atoms with Crippen LogP contribution in [0.2, 0.25) is 0 Å². The van der Waals surface area contributed by atoms with Gasteiger partial charge < -0.3 is 15.0 Å². The zero-order valence-corrected chi connectivity index (χ0v) is 19.6. The number of fused-ring (bicyclic) bond motifs is 2. The highest BCUT2D eigenvalue weighted by atomic mass is 79.9. The van der Waals surface area contributed by atoms with Crippen molar-refractivity contribution in [1.29, 1.82) is 0 Å². The van der Waals surface area contributed by atoms with Crippen LogP contribution < -0.4 is 10.1 Å². The zero-order valence-electron chi connectivity index (χ0n) is 18.0. The Morgan fingerprint density at radius 1 is 1.24 bits per heavy atom. The van der Waals surface area contributed by atoms with Crippen molar-refractivity contribution in [3.63, 3.8) is 0 Å². The number of nitrogens with one attached hydrogen (secondary N) is 2. The molecule has 1 amide bonds. The average molecular weight is 521 g/mol. The molecule has 1 aliphatic rings. The van der Waals surface area contributed by atoms with E-state index >= 15 is 0 Å². The molecule has 0 saturated heterocycles. The molecule has 1 saturated carbocycles. The van der Waals surface area contributed by atoms with E-state index in [9.17, 15) is 9.18 Å². The first-order chi connectivity index (χ1) is 16.4. The van der Waals surface area contributed by atoms with Crippen LogP contribution in [-0.2, 0) is 12.6 Å². The molecule has 0 bridgehead atoms. The maximum absolute atomic E-state index is 13.7. The van der Waals surface area contributed by atoms with Gasteiger partial charge in [0, 0.05) is 23.1 Å². The summed E-state index contributed by atoms with van der Waals surface area (Å²) in [5, 5.41) is 8.24. The molecule has 170 valence electrons. The number of benzene rings is 2. The first kappa shape index (κ1) is 20.8. The number of hydrogen-bond donors (Lipinski definition) is 2.